The summed E-state index contributed by atoms with van der Waals surface area (Å²) in [6, 6.07) is 5.83. The maximum atomic E-state index is 10.2. The Kier molecular flexibility index (Phi) is 5.06. The van der Waals surface area contributed by atoms with Crippen LogP contribution >= 0.6 is 11.8 Å². The minimum absolute atomic E-state index is 0.0484. The molecule has 0 amide bonds. The van der Waals surface area contributed by atoms with Crippen molar-refractivity contribution in [2.24, 2.45) is 4.99 Å². The lowest BCUT2D eigenvalue weighted by molar-refractivity contribution is 0.446. The first-order chi connectivity index (χ1) is 7.96. The van der Waals surface area contributed by atoms with Gasteiger partial charge in [0.2, 0.25) is 0 Å². The SMILES string of the molecule is CSCCN=Cc1cccc(C(C)(C)C)c1O. The summed E-state index contributed by atoms with van der Waals surface area (Å²) < 4.78 is 0. The van der Waals surface area contributed by atoms with E-state index in [9.17, 15) is 5.11 Å². The molecule has 0 bridgehead atoms. The largest absolute Gasteiger partial charge is 0.507 e. The molecule has 1 aromatic rings. The molecule has 2 nitrogen and oxygen atoms in total. The van der Waals surface area contributed by atoms with Crippen LogP contribution in [-0.2, 0) is 5.41 Å². The summed E-state index contributed by atoms with van der Waals surface area (Å²) in [6.07, 6.45) is 3.83. The highest BCUT2D eigenvalue weighted by molar-refractivity contribution is 7.98. The lowest BCUT2D eigenvalue weighted by atomic mass is 9.85. The van der Waals surface area contributed by atoms with Gasteiger partial charge in [0.1, 0.15) is 5.75 Å². The topological polar surface area (TPSA) is 32.6 Å². The third kappa shape index (κ3) is 4.08. The molecule has 0 aromatic heterocycles. The fourth-order valence-corrected chi connectivity index (χ4v) is 1.87. The molecule has 0 saturated carbocycles. The molecule has 0 radical (unpaired) electrons. The van der Waals surface area contributed by atoms with Crippen LogP contribution in [0, 0.1) is 0 Å². The maximum Gasteiger partial charge on any atom is 0.128 e. The van der Waals surface area contributed by atoms with Gasteiger partial charge in [-0.3, -0.25) is 4.99 Å². The average Bonchev–Trinajstić information content (AvgIpc) is 2.25. The minimum Gasteiger partial charge on any atom is -0.507 e. The smallest absolute Gasteiger partial charge is 0.128 e. The average molecular weight is 251 g/mol. The van der Waals surface area contributed by atoms with Crippen molar-refractivity contribution in [2.75, 3.05) is 18.6 Å². The molecule has 0 spiro atoms. The second-order valence-electron chi connectivity index (χ2n) is 5.02. The van der Waals surface area contributed by atoms with Crippen LogP contribution in [0.25, 0.3) is 0 Å². The molecule has 17 heavy (non-hydrogen) atoms. The molecule has 1 aromatic carbocycles. The van der Waals surface area contributed by atoms with Gasteiger partial charge in [-0.1, -0.05) is 32.9 Å². The zero-order valence-corrected chi connectivity index (χ0v) is 11.8. The summed E-state index contributed by atoms with van der Waals surface area (Å²) in [5.41, 5.74) is 1.72. The summed E-state index contributed by atoms with van der Waals surface area (Å²) in [5.74, 6) is 1.36. The van der Waals surface area contributed by atoms with E-state index >= 15 is 0 Å². The standard InChI is InChI=1S/C14H21NOS/c1-14(2,3)12-7-5-6-11(13(12)16)10-15-8-9-17-4/h5-7,10,16H,8-9H2,1-4H3. The van der Waals surface area contributed by atoms with Crippen molar-refractivity contribution < 1.29 is 5.11 Å². The van der Waals surface area contributed by atoms with Crippen molar-refractivity contribution in [1.82, 2.24) is 0 Å². The zero-order valence-electron chi connectivity index (χ0n) is 11.0. The number of hydrogen-bond acceptors (Lipinski definition) is 3. The Morgan fingerprint density at radius 3 is 2.65 bits per heavy atom. The third-order valence-corrected chi connectivity index (χ3v) is 3.12. The molecule has 94 valence electrons. The number of aliphatic imine (C=N–C) groups is 1. The molecule has 1 N–H and O–H groups in total. The summed E-state index contributed by atoms with van der Waals surface area (Å²) in [6.45, 7) is 7.07. The normalized spacial score (nSPS) is 12.2. The minimum atomic E-state index is -0.0484. The number of hydrogen-bond donors (Lipinski definition) is 1. The van der Waals surface area contributed by atoms with Gasteiger partial charge in [0.15, 0.2) is 0 Å². The number of aromatic hydroxyl groups is 1. The molecular formula is C14H21NOS. The van der Waals surface area contributed by atoms with Gasteiger partial charge >= 0.3 is 0 Å². The van der Waals surface area contributed by atoms with Gasteiger partial charge in [-0.15, -0.1) is 0 Å². The van der Waals surface area contributed by atoms with Gasteiger partial charge in [0.05, 0.1) is 0 Å². The van der Waals surface area contributed by atoms with Crippen molar-refractivity contribution in [3.05, 3.63) is 29.3 Å². The highest BCUT2D eigenvalue weighted by Crippen LogP contribution is 2.32. The van der Waals surface area contributed by atoms with Crippen LogP contribution < -0.4 is 0 Å². The first-order valence-electron chi connectivity index (χ1n) is 5.78. The predicted octanol–water partition coefficient (Wildman–Crippen LogP) is 3.47. The van der Waals surface area contributed by atoms with Crippen LogP contribution in [0.1, 0.15) is 31.9 Å². The first kappa shape index (κ1) is 14.1. The van der Waals surface area contributed by atoms with Crippen molar-refractivity contribution in [3.8, 4) is 5.75 Å². The maximum absolute atomic E-state index is 10.2. The number of rotatable bonds is 4. The van der Waals surface area contributed by atoms with Gasteiger partial charge in [-0.2, -0.15) is 11.8 Å². The Hall–Kier alpha value is -0.960. The van der Waals surface area contributed by atoms with Gasteiger partial charge < -0.3 is 5.11 Å². The predicted molar refractivity (Wildman–Crippen MR) is 77.6 cm³/mol. The van der Waals surface area contributed by atoms with Crippen LogP contribution in [0.3, 0.4) is 0 Å². The van der Waals surface area contributed by atoms with E-state index in [-0.39, 0.29) is 5.41 Å². The van der Waals surface area contributed by atoms with Crippen molar-refractivity contribution >= 4 is 18.0 Å². The fraction of sp³-hybridized carbons (Fsp3) is 0.500. The van der Waals surface area contributed by atoms with E-state index < -0.39 is 0 Å². The first-order valence-corrected chi connectivity index (χ1v) is 7.17. The lowest BCUT2D eigenvalue weighted by Gasteiger charge is -2.21. The molecular weight excluding hydrogens is 230 g/mol. The number of phenols is 1. The number of thioether (sulfide) groups is 1. The summed E-state index contributed by atoms with van der Waals surface area (Å²) in [5, 5.41) is 10.2. The van der Waals surface area contributed by atoms with Crippen LogP contribution in [-0.4, -0.2) is 29.9 Å². The van der Waals surface area contributed by atoms with Crippen LogP contribution in [0.4, 0.5) is 0 Å². The Balaban J connectivity index is 2.91. The van der Waals surface area contributed by atoms with Crippen molar-refractivity contribution in [1.29, 1.82) is 0 Å². The van der Waals surface area contributed by atoms with Gasteiger partial charge in [0, 0.05) is 24.1 Å². The summed E-state index contributed by atoms with van der Waals surface area (Å²) in [7, 11) is 0. The lowest BCUT2D eigenvalue weighted by Crippen LogP contribution is -2.11. The summed E-state index contributed by atoms with van der Waals surface area (Å²) in [4.78, 5) is 4.31. The Morgan fingerprint density at radius 1 is 1.35 bits per heavy atom. The molecule has 0 fully saturated rings. The second-order valence-corrected chi connectivity index (χ2v) is 6.01. The Bertz CT molecular complexity index is 394. The molecule has 0 atom stereocenters. The van der Waals surface area contributed by atoms with E-state index in [1.807, 2.05) is 18.2 Å². The number of para-hydroxylation sites is 1. The third-order valence-electron chi connectivity index (χ3n) is 2.53. The second kappa shape index (κ2) is 6.10. The number of benzene rings is 1. The molecule has 0 aliphatic heterocycles. The summed E-state index contributed by atoms with van der Waals surface area (Å²) >= 11 is 1.77. The fourth-order valence-electron chi connectivity index (χ4n) is 1.58. The van der Waals surface area contributed by atoms with E-state index in [2.05, 4.69) is 32.0 Å². The molecule has 0 aliphatic rings. The highest BCUT2D eigenvalue weighted by atomic mass is 32.2. The van der Waals surface area contributed by atoms with Gasteiger partial charge in [-0.25, -0.2) is 0 Å². The van der Waals surface area contributed by atoms with Crippen molar-refractivity contribution in [2.45, 2.75) is 26.2 Å². The van der Waals surface area contributed by atoms with Crippen LogP contribution in [0.5, 0.6) is 5.75 Å². The zero-order chi connectivity index (χ0) is 12.9. The Labute approximate surface area is 108 Å². The molecule has 0 unspecified atom stereocenters. The molecule has 0 heterocycles. The van der Waals surface area contributed by atoms with Crippen LogP contribution in [0.15, 0.2) is 23.2 Å². The molecule has 0 aliphatic carbocycles. The van der Waals surface area contributed by atoms with E-state index in [0.717, 1.165) is 23.4 Å². The molecule has 3 heteroatoms. The van der Waals surface area contributed by atoms with E-state index in [0.29, 0.717) is 5.75 Å². The van der Waals surface area contributed by atoms with Crippen LogP contribution in [0.2, 0.25) is 0 Å². The number of phenolic OH excluding ortho intramolecular Hbond substituents is 1. The number of nitrogens with zero attached hydrogens (tertiary/aromatic N) is 1. The van der Waals surface area contributed by atoms with E-state index in [1.165, 1.54) is 0 Å². The van der Waals surface area contributed by atoms with Gasteiger partial charge in [0.25, 0.3) is 0 Å². The Morgan fingerprint density at radius 2 is 2.06 bits per heavy atom. The van der Waals surface area contributed by atoms with E-state index in [4.69, 9.17) is 0 Å². The van der Waals surface area contributed by atoms with Crippen molar-refractivity contribution in [3.63, 3.8) is 0 Å². The van der Waals surface area contributed by atoms with E-state index in [1.54, 1.807) is 18.0 Å². The quantitative estimate of drug-likeness (QED) is 0.656. The molecule has 1 rings (SSSR count). The molecule has 0 saturated heterocycles. The van der Waals surface area contributed by atoms with Gasteiger partial charge in [-0.05, 0) is 23.3 Å². The monoisotopic (exact) mass is 251 g/mol. The highest BCUT2D eigenvalue weighted by Gasteiger charge is 2.18.